The third-order valence-corrected chi connectivity index (χ3v) is 5.97. The smallest absolute Gasteiger partial charge is 0.163 e. The summed E-state index contributed by atoms with van der Waals surface area (Å²) in [6.45, 7) is 2.27. The first-order valence-electron chi connectivity index (χ1n) is 9.69. The number of fused-ring (bicyclic) bond motifs is 1. The Morgan fingerprint density at radius 1 is 0.840 bits per heavy atom. The maximum Gasteiger partial charge on any atom is 0.163 e. The van der Waals surface area contributed by atoms with E-state index in [1.807, 2.05) is 6.07 Å². The first-order valence-corrected chi connectivity index (χ1v) is 10.5. The van der Waals surface area contributed by atoms with Gasteiger partial charge in [-0.3, -0.25) is 4.79 Å². The molecule has 1 aliphatic carbocycles. The van der Waals surface area contributed by atoms with Crippen LogP contribution in [0.5, 0.6) is 0 Å². The van der Waals surface area contributed by atoms with Gasteiger partial charge in [-0.05, 0) is 54.7 Å². The zero-order valence-electron chi connectivity index (χ0n) is 15.2. The van der Waals surface area contributed by atoms with Gasteiger partial charge in [-0.15, -0.1) is 0 Å². The molecule has 0 spiro atoms. The number of rotatable bonds is 9. The van der Waals surface area contributed by atoms with E-state index in [1.165, 1.54) is 65.9 Å². The molecule has 0 aliphatic heterocycles. The molecule has 2 aromatic rings. The fourth-order valence-corrected chi connectivity index (χ4v) is 4.35. The van der Waals surface area contributed by atoms with Gasteiger partial charge in [-0.1, -0.05) is 69.0 Å². The maximum absolute atomic E-state index is 11.7. The lowest BCUT2D eigenvalue weighted by molar-refractivity contribution is 0.0994. The molecule has 0 N–H and O–H groups in total. The minimum atomic E-state index is 0.297. The molecule has 0 heterocycles. The Morgan fingerprint density at radius 3 is 2.36 bits per heavy atom. The molecule has 25 heavy (non-hydrogen) atoms. The van der Waals surface area contributed by atoms with Crippen molar-refractivity contribution in [2.75, 3.05) is 0 Å². The highest BCUT2D eigenvalue weighted by Gasteiger charge is 2.19. The summed E-state index contributed by atoms with van der Waals surface area (Å²) in [6, 6.07) is 15.3. The van der Waals surface area contributed by atoms with Crippen LogP contribution in [0.4, 0.5) is 0 Å². The molecule has 0 bridgehead atoms. The quantitative estimate of drug-likeness (QED) is 0.458. The van der Waals surface area contributed by atoms with E-state index in [0.29, 0.717) is 12.2 Å². The van der Waals surface area contributed by atoms with Crippen LogP contribution in [0.2, 0.25) is 0 Å². The second-order valence-electron chi connectivity index (χ2n) is 7.01. The van der Waals surface area contributed by atoms with Crippen molar-refractivity contribution in [1.29, 1.82) is 0 Å². The number of benzene rings is 2. The topological polar surface area (TPSA) is 17.1 Å². The number of Topliss-reactive ketones (excluding diaryl/α,β-unsaturated/α-hetero) is 1. The normalized spacial score (nSPS) is 13.2. The van der Waals surface area contributed by atoms with Gasteiger partial charge in [0, 0.05) is 21.8 Å². The number of hydrogen-bond donors (Lipinski definition) is 0. The summed E-state index contributed by atoms with van der Waals surface area (Å²) in [5.74, 6) is 0.297. The van der Waals surface area contributed by atoms with Crippen LogP contribution in [-0.2, 0) is 12.8 Å². The summed E-state index contributed by atoms with van der Waals surface area (Å²) < 4.78 is 0. The van der Waals surface area contributed by atoms with Gasteiger partial charge < -0.3 is 0 Å². The van der Waals surface area contributed by atoms with Crippen molar-refractivity contribution in [1.82, 2.24) is 0 Å². The molecule has 0 unspecified atom stereocenters. The summed E-state index contributed by atoms with van der Waals surface area (Å²) in [5, 5.41) is 0. The third-order valence-electron chi connectivity index (χ3n) is 4.98. The highest BCUT2D eigenvalue weighted by Crippen LogP contribution is 2.32. The summed E-state index contributed by atoms with van der Waals surface area (Å²) >= 11 is 1.79. The van der Waals surface area contributed by atoms with Crippen LogP contribution in [0.3, 0.4) is 0 Å². The molecule has 0 fully saturated rings. The highest BCUT2D eigenvalue weighted by atomic mass is 32.2. The van der Waals surface area contributed by atoms with Crippen LogP contribution in [-0.4, -0.2) is 5.78 Å². The lowest BCUT2D eigenvalue weighted by Gasteiger charge is -2.06. The number of unbranched alkanes of at least 4 members (excludes halogenated alkanes) is 5. The monoisotopic (exact) mass is 352 g/mol. The van der Waals surface area contributed by atoms with Gasteiger partial charge >= 0.3 is 0 Å². The second-order valence-corrected chi connectivity index (χ2v) is 8.15. The van der Waals surface area contributed by atoms with Crippen LogP contribution < -0.4 is 0 Å². The molecule has 1 aliphatic rings. The van der Waals surface area contributed by atoms with Gasteiger partial charge in [0.25, 0.3) is 0 Å². The van der Waals surface area contributed by atoms with Gasteiger partial charge in [0.1, 0.15) is 0 Å². The molecular weight excluding hydrogens is 324 g/mol. The molecular formula is C23H28OS. The van der Waals surface area contributed by atoms with E-state index in [1.54, 1.807) is 11.8 Å². The first-order chi connectivity index (χ1) is 12.3. The van der Waals surface area contributed by atoms with Gasteiger partial charge in [0.2, 0.25) is 0 Å². The van der Waals surface area contributed by atoms with E-state index >= 15 is 0 Å². The zero-order chi connectivity index (χ0) is 17.5. The van der Waals surface area contributed by atoms with E-state index in [-0.39, 0.29) is 0 Å². The van der Waals surface area contributed by atoms with Crippen LogP contribution in [0.15, 0.2) is 52.3 Å². The van der Waals surface area contributed by atoms with E-state index in [2.05, 4.69) is 43.3 Å². The molecule has 0 aromatic heterocycles. The summed E-state index contributed by atoms with van der Waals surface area (Å²) in [7, 11) is 0. The zero-order valence-corrected chi connectivity index (χ0v) is 16.0. The minimum Gasteiger partial charge on any atom is -0.294 e. The standard InChI is InChI=1S/C23H28OS/c1-2-3-4-5-6-7-8-18-9-12-20(13-10-18)25-21-14-15-22-19(17-21)11-16-23(22)24/h9-10,12-15,17H,2-8,11,16H2,1H3. The first kappa shape index (κ1) is 18.3. The Labute approximate surface area is 156 Å². The van der Waals surface area contributed by atoms with Crippen molar-refractivity contribution in [2.24, 2.45) is 0 Å². The number of carbonyl (C=O) groups is 1. The van der Waals surface area contributed by atoms with Gasteiger partial charge in [0.05, 0.1) is 0 Å². The number of aryl methyl sites for hydroxylation is 2. The third kappa shape index (κ3) is 5.22. The van der Waals surface area contributed by atoms with Gasteiger partial charge in [-0.25, -0.2) is 0 Å². The minimum absolute atomic E-state index is 0.297. The molecule has 0 atom stereocenters. The second kappa shape index (κ2) is 9.24. The summed E-state index contributed by atoms with van der Waals surface area (Å²) in [4.78, 5) is 14.2. The fourth-order valence-electron chi connectivity index (χ4n) is 3.47. The predicted octanol–water partition coefficient (Wildman–Crippen LogP) is 6.87. The molecule has 0 saturated heterocycles. The molecule has 2 aromatic carbocycles. The Balaban J connectivity index is 1.49. The molecule has 1 nitrogen and oxygen atoms in total. The van der Waals surface area contributed by atoms with Crippen molar-refractivity contribution in [3.8, 4) is 0 Å². The molecule has 2 heteroatoms. The molecule has 3 rings (SSSR count). The van der Waals surface area contributed by atoms with Crippen LogP contribution in [0.1, 0.15) is 73.4 Å². The lowest BCUT2D eigenvalue weighted by Crippen LogP contribution is -1.90. The molecule has 0 saturated carbocycles. The SMILES string of the molecule is CCCCCCCCc1ccc(Sc2ccc3c(c2)CCC3=O)cc1. The maximum atomic E-state index is 11.7. The average Bonchev–Trinajstić information content (AvgIpc) is 3.00. The van der Waals surface area contributed by atoms with Crippen LogP contribution in [0.25, 0.3) is 0 Å². The Morgan fingerprint density at radius 2 is 1.56 bits per heavy atom. The lowest BCUT2D eigenvalue weighted by atomic mass is 10.1. The van der Waals surface area contributed by atoms with Gasteiger partial charge in [0.15, 0.2) is 5.78 Å². The van der Waals surface area contributed by atoms with Crippen molar-refractivity contribution in [3.05, 3.63) is 59.2 Å². The average molecular weight is 353 g/mol. The number of ketones is 1. The van der Waals surface area contributed by atoms with Crippen molar-refractivity contribution >= 4 is 17.5 Å². The molecule has 0 radical (unpaired) electrons. The molecule has 0 amide bonds. The Hall–Kier alpha value is -1.54. The number of hydrogen-bond acceptors (Lipinski definition) is 2. The van der Waals surface area contributed by atoms with Crippen LogP contribution in [0, 0.1) is 0 Å². The van der Waals surface area contributed by atoms with Crippen LogP contribution >= 0.6 is 11.8 Å². The Kier molecular flexibility index (Phi) is 6.75. The van der Waals surface area contributed by atoms with Crippen molar-refractivity contribution < 1.29 is 4.79 Å². The fraction of sp³-hybridized carbons (Fsp3) is 0.435. The summed E-state index contributed by atoms with van der Waals surface area (Å²) in [5.41, 5.74) is 3.59. The largest absolute Gasteiger partial charge is 0.294 e. The Bertz CT molecular complexity index is 703. The summed E-state index contributed by atoms with van der Waals surface area (Å²) in [6.07, 6.45) is 10.9. The number of carbonyl (C=O) groups excluding carboxylic acids is 1. The van der Waals surface area contributed by atoms with E-state index in [4.69, 9.17) is 0 Å². The van der Waals surface area contributed by atoms with E-state index < -0.39 is 0 Å². The van der Waals surface area contributed by atoms with E-state index in [9.17, 15) is 4.79 Å². The van der Waals surface area contributed by atoms with Gasteiger partial charge in [-0.2, -0.15) is 0 Å². The molecule has 132 valence electrons. The highest BCUT2D eigenvalue weighted by molar-refractivity contribution is 7.99. The van der Waals surface area contributed by atoms with Crippen molar-refractivity contribution in [3.63, 3.8) is 0 Å². The predicted molar refractivity (Wildman–Crippen MR) is 107 cm³/mol. The van der Waals surface area contributed by atoms with Crippen molar-refractivity contribution in [2.45, 2.75) is 74.5 Å². The van der Waals surface area contributed by atoms with E-state index in [0.717, 1.165) is 12.0 Å².